The summed E-state index contributed by atoms with van der Waals surface area (Å²) in [5, 5.41) is 12.7. The zero-order valence-electron chi connectivity index (χ0n) is 24.3. The van der Waals surface area contributed by atoms with Gasteiger partial charge in [0.1, 0.15) is 5.84 Å². The van der Waals surface area contributed by atoms with Crippen LogP contribution in [0.4, 0.5) is 11.4 Å². The standard InChI is InChI=1S/C30H32N6O8/c1-17(37)44-24(28(40)32-19-8-9-21-22(15-19)27(39)33-26(21)31)25-30(42)36(12-13-43-25)20-7-5-6-18(14-20)29(41)34(2)16-23(38)35-10-3-4-11-35/h5-9,14-15,24-25H,3-4,10-13,16H2,1-2H3,(H,32,40)(H2,31,33,39)/t24-,25-/m1/s1. The molecule has 5 amide bonds. The number of ether oxygens (including phenoxy) is 2. The van der Waals surface area contributed by atoms with Crippen LogP contribution in [0.1, 0.15) is 46.0 Å². The van der Waals surface area contributed by atoms with Crippen LogP contribution < -0.4 is 15.5 Å². The van der Waals surface area contributed by atoms with Gasteiger partial charge >= 0.3 is 5.97 Å². The number of carbonyl (C=O) groups excluding carboxylic acids is 6. The summed E-state index contributed by atoms with van der Waals surface area (Å²) in [6.07, 6.45) is -1.28. The third-order valence-corrected chi connectivity index (χ3v) is 7.57. The number of esters is 1. The molecule has 0 spiro atoms. The molecule has 0 aromatic heterocycles. The van der Waals surface area contributed by atoms with Gasteiger partial charge < -0.3 is 34.8 Å². The second kappa shape index (κ2) is 12.6. The van der Waals surface area contributed by atoms with Gasteiger partial charge in [-0.1, -0.05) is 6.07 Å². The molecule has 0 aliphatic carbocycles. The third kappa shape index (κ3) is 6.29. The first-order chi connectivity index (χ1) is 21.0. The fourth-order valence-electron chi connectivity index (χ4n) is 5.37. The summed E-state index contributed by atoms with van der Waals surface area (Å²) in [5.74, 6) is -3.42. The predicted molar refractivity (Wildman–Crippen MR) is 156 cm³/mol. The number of hydrogen-bond donors (Lipinski definition) is 3. The Morgan fingerprint density at radius 2 is 1.84 bits per heavy atom. The van der Waals surface area contributed by atoms with E-state index in [-0.39, 0.29) is 48.3 Å². The van der Waals surface area contributed by atoms with E-state index < -0.39 is 41.8 Å². The number of benzene rings is 2. The molecule has 3 aliphatic rings. The number of amidine groups is 1. The number of morpholine rings is 1. The lowest BCUT2D eigenvalue weighted by atomic mass is 10.1. The summed E-state index contributed by atoms with van der Waals surface area (Å²) in [4.78, 5) is 81.2. The van der Waals surface area contributed by atoms with Crippen molar-refractivity contribution in [2.45, 2.75) is 32.0 Å². The molecule has 3 aliphatic heterocycles. The molecule has 5 rings (SSSR count). The van der Waals surface area contributed by atoms with Crippen molar-refractivity contribution in [3.8, 4) is 0 Å². The van der Waals surface area contributed by atoms with E-state index in [1.807, 2.05) is 0 Å². The van der Waals surface area contributed by atoms with Crippen LogP contribution >= 0.6 is 0 Å². The van der Waals surface area contributed by atoms with Crippen LogP contribution in [0.15, 0.2) is 42.5 Å². The van der Waals surface area contributed by atoms with Crippen molar-refractivity contribution in [2.24, 2.45) is 0 Å². The Bertz CT molecular complexity index is 1550. The minimum atomic E-state index is -1.67. The Morgan fingerprint density at radius 3 is 2.57 bits per heavy atom. The average molecular weight is 605 g/mol. The first-order valence-electron chi connectivity index (χ1n) is 14.1. The molecule has 2 atom stereocenters. The fraction of sp³-hybridized carbons (Fsp3) is 0.367. The van der Waals surface area contributed by atoms with E-state index in [2.05, 4.69) is 10.6 Å². The molecule has 3 N–H and O–H groups in total. The highest BCUT2D eigenvalue weighted by atomic mass is 16.6. The maximum atomic E-state index is 13.7. The van der Waals surface area contributed by atoms with Gasteiger partial charge in [0.25, 0.3) is 23.6 Å². The van der Waals surface area contributed by atoms with Gasteiger partial charge in [0.15, 0.2) is 6.10 Å². The van der Waals surface area contributed by atoms with Crippen molar-refractivity contribution in [1.82, 2.24) is 15.1 Å². The number of rotatable bonds is 8. The van der Waals surface area contributed by atoms with Gasteiger partial charge in [-0.3, -0.25) is 34.2 Å². The molecule has 2 saturated heterocycles. The topological polar surface area (TPSA) is 179 Å². The predicted octanol–water partition coefficient (Wildman–Crippen LogP) is 0.752. The molecular formula is C30H32N6O8. The quantitative estimate of drug-likeness (QED) is 0.370. The molecule has 0 unspecified atom stereocenters. The molecule has 230 valence electrons. The normalized spacial score (nSPS) is 18.4. The summed E-state index contributed by atoms with van der Waals surface area (Å²) >= 11 is 0. The monoisotopic (exact) mass is 604 g/mol. The van der Waals surface area contributed by atoms with Crippen LogP contribution in [-0.2, 0) is 28.7 Å². The van der Waals surface area contributed by atoms with Crippen LogP contribution in [0.25, 0.3) is 0 Å². The molecule has 0 bridgehead atoms. The zero-order valence-corrected chi connectivity index (χ0v) is 24.3. The molecule has 14 nitrogen and oxygen atoms in total. The molecule has 2 fully saturated rings. The number of nitrogens with one attached hydrogen (secondary N) is 3. The molecule has 14 heteroatoms. The van der Waals surface area contributed by atoms with Gasteiger partial charge in [0.2, 0.25) is 12.0 Å². The highest BCUT2D eigenvalue weighted by Crippen LogP contribution is 2.25. The van der Waals surface area contributed by atoms with Gasteiger partial charge in [-0.15, -0.1) is 0 Å². The van der Waals surface area contributed by atoms with Crippen molar-refractivity contribution >= 4 is 52.7 Å². The number of nitrogens with zero attached hydrogens (tertiary/aromatic N) is 3. The maximum Gasteiger partial charge on any atom is 0.303 e. The van der Waals surface area contributed by atoms with Gasteiger partial charge in [-0.2, -0.15) is 0 Å². The number of likely N-dealkylation sites (tertiary alicyclic amines) is 1. The summed E-state index contributed by atoms with van der Waals surface area (Å²) in [6.45, 7) is 2.49. The molecule has 0 saturated carbocycles. The molecule has 0 radical (unpaired) electrons. The van der Waals surface area contributed by atoms with E-state index in [0.717, 1.165) is 19.8 Å². The van der Waals surface area contributed by atoms with E-state index >= 15 is 0 Å². The Labute approximate surface area is 252 Å². The smallest absolute Gasteiger partial charge is 0.303 e. The largest absolute Gasteiger partial charge is 0.449 e. The van der Waals surface area contributed by atoms with Crippen molar-refractivity contribution in [3.63, 3.8) is 0 Å². The molecule has 2 aromatic carbocycles. The van der Waals surface area contributed by atoms with Crippen molar-refractivity contribution < 1.29 is 38.2 Å². The summed E-state index contributed by atoms with van der Waals surface area (Å²) in [5.41, 5.74) is 1.37. The maximum absolute atomic E-state index is 13.7. The molecular weight excluding hydrogens is 572 g/mol. The number of anilines is 2. The Kier molecular flexibility index (Phi) is 8.71. The molecule has 3 heterocycles. The number of hydrogen-bond acceptors (Lipinski definition) is 9. The van der Waals surface area contributed by atoms with Crippen LogP contribution in [0.2, 0.25) is 0 Å². The van der Waals surface area contributed by atoms with Crippen LogP contribution in [0.5, 0.6) is 0 Å². The highest BCUT2D eigenvalue weighted by Gasteiger charge is 2.43. The van der Waals surface area contributed by atoms with Gasteiger partial charge in [-0.25, -0.2) is 0 Å². The Morgan fingerprint density at radius 1 is 1.09 bits per heavy atom. The van der Waals surface area contributed by atoms with Crippen LogP contribution in [0, 0.1) is 5.41 Å². The number of amides is 5. The van der Waals surface area contributed by atoms with Crippen LogP contribution in [0.3, 0.4) is 0 Å². The minimum absolute atomic E-state index is 0.00495. The van der Waals surface area contributed by atoms with E-state index in [9.17, 15) is 28.8 Å². The van der Waals surface area contributed by atoms with E-state index in [1.54, 1.807) is 30.1 Å². The lowest BCUT2D eigenvalue weighted by Gasteiger charge is -2.35. The first-order valence-corrected chi connectivity index (χ1v) is 14.1. The fourth-order valence-corrected chi connectivity index (χ4v) is 5.37. The molecule has 2 aromatic rings. The SMILES string of the molecule is CC(=O)O[C@@H](C(=O)Nc1ccc2c(c1)C(=O)NC2=N)[C@H]1OCCN(c2cccc(C(=O)N(C)CC(=O)N3CCCC3)c2)C1=O. The van der Waals surface area contributed by atoms with Gasteiger partial charge in [0.05, 0.1) is 18.7 Å². The number of fused-ring (bicyclic) bond motifs is 1. The van der Waals surface area contributed by atoms with Crippen molar-refractivity contribution in [3.05, 3.63) is 59.2 Å². The Balaban J connectivity index is 1.31. The van der Waals surface area contributed by atoms with Gasteiger partial charge in [0, 0.05) is 56.1 Å². The number of carbonyl (C=O) groups is 6. The Hall–Kier alpha value is -5.11. The second-order valence-electron chi connectivity index (χ2n) is 10.7. The third-order valence-electron chi connectivity index (χ3n) is 7.57. The molecule has 44 heavy (non-hydrogen) atoms. The van der Waals surface area contributed by atoms with Crippen molar-refractivity contribution in [2.75, 3.05) is 50.1 Å². The van der Waals surface area contributed by atoms with Crippen LogP contribution in [-0.4, -0.2) is 103 Å². The number of likely N-dealkylation sites (N-methyl/N-ethyl adjacent to an activating group) is 1. The van der Waals surface area contributed by atoms with E-state index in [0.29, 0.717) is 24.3 Å². The average Bonchev–Trinajstić information content (AvgIpc) is 3.64. The first kappa shape index (κ1) is 30.4. The van der Waals surface area contributed by atoms with E-state index in [1.165, 1.54) is 34.1 Å². The van der Waals surface area contributed by atoms with E-state index in [4.69, 9.17) is 14.9 Å². The lowest BCUT2D eigenvalue weighted by Crippen LogP contribution is -2.56. The second-order valence-corrected chi connectivity index (χ2v) is 10.7. The van der Waals surface area contributed by atoms with Crippen molar-refractivity contribution in [1.29, 1.82) is 5.41 Å². The lowest BCUT2D eigenvalue weighted by molar-refractivity contribution is -0.167. The summed E-state index contributed by atoms with van der Waals surface area (Å²) in [6, 6.07) is 10.7. The highest BCUT2D eigenvalue weighted by molar-refractivity contribution is 6.23. The zero-order chi connectivity index (χ0) is 31.5. The minimum Gasteiger partial charge on any atom is -0.449 e. The van der Waals surface area contributed by atoms with Gasteiger partial charge in [-0.05, 0) is 49.2 Å². The summed E-state index contributed by atoms with van der Waals surface area (Å²) < 4.78 is 10.9. The summed E-state index contributed by atoms with van der Waals surface area (Å²) in [7, 11) is 1.54.